The Labute approximate surface area is 187 Å². The van der Waals surface area contributed by atoms with Crippen LogP contribution in [0.3, 0.4) is 0 Å². The van der Waals surface area contributed by atoms with Gasteiger partial charge in [-0.3, -0.25) is 9.52 Å². The van der Waals surface area contributed by atoms with E-state index in [0.29, 0.717) is 0 Å². The van der Waals surface area contributed by atoms with Crippen molar-refractivity contribution in [3.05, 3.63) is 45.8 Å². The van der Waals surface area contributed by atoms with Crippen LogP contribution in [0.25, 0.3) is 4.72 Å². The molecule has 0 aliphatic heterocycles. The molecule has 1 N–H and O–H groups in total. The van der Waals surface area contributed by atoms with Crippen molar-refractivity contribution in [3.63, 3.8) is 0 Å². The maximum Gasteiger partial charge on any atom is 1.00 e. The van der Waals surface area contributed by atoms with E-state index in [1.54, 1.807) is 0 Å². The van der Waals surface area contributed by atoms with Gasteiger partial charge in [0.15, 0.2) is 11.8 Å². The minimum absolute atomic E-state index is 0. The Hall–Kier alpha value is -2.12. The zero-order valence-corrected chi connectivity index (χ0v) is 18.4. The van der Waals surface area contributed by atoms with Crippen LogP contribution in [-0.2, 0) is 15.0 Å². The first-order valence-corrected chi connectivity index (χ1v) is 8.72. The first-order valence-electron chi connectivity index (χ1n) is 6.98. The Morgan fingerprint density at radius 1 is 1.18 bits per heavy atom. The molecule has 0 unspecified atom stereocenters. The first kappa shape index (κ1) is 23.9. The number of rotatable bonds is 6. The third-order valence-corrected chi connectivity index (χ3v) is 3.75. The summed E-state index contributed by atoms with van der Waals surface area (Å²) in [5.41, 5.74) is -0.165. The van der Waals surface area contributed by atoms with Crippen LogP contribution in [-0.4, -0.2) is 44.6 Å². The molecule has 1 aromatic heterocycles. The predicted octanol–water partition coefficient (Wildman–Crippen LogP) is -0.841. The second-order valence-corrected chi connectivity index (χ2v) is 6.17. The van der Waals surface area contributed by atoms with Crippen molar-refractivity contribution >= 4 is 39.9 Å². The van der Waals surface area contributed by atoms with Crippen molar-refractivity contribution in [2.75, 3.05) is 19.5 Å². The number of aromatic nitrogens is 2. The maximum absolute atomic E-state index is 12.0. The summed E-state index contributed by atoms with van der Waals surface area (Å²) < 4.78 is 40.9. The number of amides is 2. The molecule has 0 saturated carbocycles. The van der Waals surface area contributed by atoms with Crippen molar-refractivity contribution in [2.24, 2.45) is 0 Å². The second-order valence-electron chi connectivity index (χ2n) is 4.58. The van der Waals surface area contributed by atoms with Crippen LogP contribution in [0.2, 0.25) is 5.15 Å². The van der Waals surface area contributed by atoms with Crippen molar-refractivity contribution < 1.29 is 61.2 Å². The van der Waals surface area contributed by atoms with Crippen LogP contribution < -0.4 is 43.8 Å². The molecule has 1 heterocycles. The van der Waals surface area contributed by atoms with E-state index in [1.165, 1.54) is 37.4 Å². The largest absolute Gasteiger partial charge is 1.00 e. The van der Waals surface area contributed by atoms with Gasteiger partial charge in [0.1, 0.15) is 16.7 Å². The number of carbonyl (C=O) groups is 2. The van der Waals surface area contributed by atoms with E-state index in [-0.39, 0.29) is 57.9 Å². The number of carbonyl (C=O) groups excluding carboxylic acids is 2. The van der Waals surface area contributed by atoms with Crippen LogP contribution in [0.1, 0.15) is 10.4 Å². The van der Waals surface area contributed by atoms with Gasteiger partial charge in [-0.1, -0.05) is 23.7 Å². The molecule has 2 amide bonds. The number of esters is 1. The Morgan fingerprint density at radius 2 is 1.86 bits per heavy atom. The Morgan fingerprint density at radius 3 is 2.50 bits per heavy atom. The Bertz CT molecular complexity index is 974. The molecule has 0 aliphatic rings. The number of hydrogen-bond acceptors (Lipinski definition) is 9. The molecular formula is C14H12ClN4NaO7S. The zero-order valence-electron chi connectivity index (χ0n) is 14.9. The van der Waals surface area contributed by atoms with Gasteiger partial charge in [-0.25, -0.2) is 9.78 Å². The first-order chi connectivity index (χ1) is 12.7. The van der Waals surface area contributed by atoms with E-state index in [1.807, 2.05) is 5.32 Å². The summed E-state index contributed by atoms with van der Waals surface area (Å²) in [5.74, 6) is -1.49. The summed E-state index contributed by atoms with van der Waals surface area (Å²) in [7, 11) is -2.33. The van der Waals surface area contributed by atoms with Crippen molar-refractivity contribution in [1.29, 1.82) is 0 Å². The third-order valence-electron chi connectivity index (χ3n) is 2.78. The number of para-hydroxylation sites is 1. The summed E-state index contributed by atoms with van der Waals surface area (Å²) in [6.45, 7) is 0. The van der Waals surface area contributed by atoms with E-state index < -0.39 is 22.3 Å². The zero-order chi connectivity index (χ0) is 20.0. The second kappa shape index (κ2) is 10.4. The molecule has 0 atom stereocenters. The molecule has 2 aromatic rings. The van der Waals surface area contributed by atoms with Gasteiger partial charge in [0, 0.05) is 6.07 Å². The van der Waals surface area contributed by atoms with Crippen LogP contribution in [0.5, 0.6) is 11.6 Å². The number of nitrogens with one attached hydrogen (secondary N) is 1. The summed E-state index contributed by atoms with van der Waals surface area (Å²) in [4.78, 5) is 30.9. The fraction of sp³-hybridized carbons (Fsp3) is 0.143. The molecule has 0 radical (unpaired) electrons. The number of urea groups is 1. The minimum atomic E-state index is -4.76. The fourth-order valence-electron chi connectivity index (χ4n) is 1.73. The van der Waals surface area contributed by atoms with Gasteiger partial charge in [0.25, 0.3) is 0 Å². The summed E-state index contributed by atoms with van der Waals surface area (Å²) in [6, 6.07) is 5.29. The van der Waals surface area contributed by atoms with Gasteiger partial charge in [-0.2, -0.15) is 13.4 Å². The normalized spacial score (nSPS) is 10.2. The predicted molar refractivity (Wildman–Crippen MR) is 93.3 cm³/mol. The fourth-order valence-corrected chi connectivity index (χ4v) is 2.56. The molecule has 2 rings (SSSR count). The van der Waals surface area contributed by atoms with Crippen LogP contribution >= 0.6 is 11.6 Å². The monoisotopic (exact) mass is 438 g/mol. The van der Waals surface area contributed by atoms with E-state index in [9.17, 15) is 18.0 Å². The molecule has 0 spiro atoms. The number of methoxy groups -OCH3 is 2. The average Bonchev–Trinajstić information content (AvgIpc) is 2.59. The third kappa shape index (κ3) is 6.80. The van der Waals surface area contributed by atoms with Crippen LogP contribution in [0, 0.1) is 0 Å². The average molecular weight is 439 g/mol. The molecular weight excluding hydrogens is 427 g/mol. The Kier molecular flexibility index (Phi) is 8.91. The SMILES string of the molecule is COC(=O)c1ccccc1OS(=O)(=O)[N-]C(=O)Nc1nc(Cl)cc(OC)n1.[Na+]. The van der Waals surface area contributed by atoms with Crippen molar-refractivity contribution in [3.8, 4) is 11.6 Å². The summed E-state index contributed by atoms with van der Waals surface area (Å²) >= 11 is 5.71. The van der Waals surface area contributed by atoms with Crippen LogP contribution in [0.4, 0.5) is 10.7 Å². The topological polar surface area (TPSA) is 148 Å². The number of ether oxygens (including phenoxy) is 2. The summed E-state index contributed by atoms with van der Waals surface area (Å²) in [6.07, 6.45) is 0. The molecule has 0 aliphatic carbocycles. The molecule has 11 nitrogen and oxygen atoms in total. The molecule has 0 fully saturated rings. The smallest absolute Gasteiger partial charge is 0.481 e. The maximum atomic E-state index is 12.0. The van der Waals surface area contributed by atoms with Gasteiger partial charge >= 0.3 is 45.8 Å². The van der Waals surface area contributed by atoms with Gasteiger partial charge in [0.2, 0.25) is 5.88 Å². The molecule has 0 saturated heterocycles. The number of halogens is 1. The van der Waals surface area contributed by atoms with E-state index in [4.69, 9.17) is 16.3 Å². The Balaban J connectivity index is 0.00000392. The quantitative estimate of drug-likeness (QED) is 0.346. The minimum Gasteiger partial charge on any atom is -0.481 e. The van der Waals surface area contributed by atoms with Crippen molar-refractivity contribution in [2.45, 2.75) is 0 Å². The molecule has 144 valence electrons. The number of hydrogen-bond donors (Lipinski definition) is 1. The number of anilines is 1. The van der Waals surface area contributed by atoms with Gasteiger partial charge < -0.3 is 19.0 Å². The number of nitrogens with zero attached hydrogens (tertiary/aromatic N) is 3. The van der Waals surface area contributed by atoms with Crippen molar-refractivity contribution in [1.82, 2.24) is 9.97 Å². The molecule has 28 heavy (non-hydrogen) atoms. The van der Waals surface area contributed by atoms with Gasteiger partial charge in [-0.05, 0) is 12.1 Å². The van der Waals surface area contributed by atoms with Gasteiger partial charge in [0.05, 0.1) is 14.2 Å². The molecule has 1 aromatic carbocycles. The molecule has 0 bridgehead atoms. The standard InChI is InChI=1S/C14H13ClN4O7S.Na/c1-24-11-7-10(15)16-13(17-11)18-14(21)19-27(22,23)26-9-6-4-3-5-8(9)12(20)25-2;/h3-7H,1-2H3,(H2,16,17,18,19,21);/q;+1/p-1. The molecule has 14 heteroatoms. The number of benzene rings is 1. The van der Waals surface area contributed by atoms with E-state index in [2.05, 4.69) is 23.6 Å². The van der Waals surface area contributed by atoms with E-state index >= 15 is 0 Å². The summed E-state index contributed by atoms with van der Waals surface area (Å²) in [5, 5.41) is 1.95. The van der Waals surface area contributed by atoms with Crippen LogP contribution in [0.15, 0.2) is 30.3 Å². The van der Waals surface area contributed by atoms with Gasteiger partial charge in [-0.15, -0.1) is 0 Å². The van der Waals surface area contributed by atoms with E-state index in [0.717, 1.165) is 7.11 Å².